The van der Waals surface area contributed by atoms with E-state index >= 15 is 0 Å². The first kappa shape index (κ1) is 22.4. The van der Waals surface area contributed by atoms with Crippen molar-refractivity contribution in [2.45, 2.75) is 53.1 Å². The van der Waals surface area contributed by atoms with Gasteiger partial charge in [0, 0.05) is 11.1 Å². The van der Waals surface area contributed by atoms with Crippen LogP contribution in [0.25, 0.3) is 0 Å². The predicted octanol–water partition coefficient (Wildman–Crippen LogP) is 6.23. The molecule has 0 aromatic heterocycles. The molecule has 2 N–H and O–H groups in total. The maximum Gasteiger partial charge on any atom is 0.339 e. The number of carbonyl (C=O) groups is 1. The number of phenols is 2. The summed E-state index contributed by atoms with van der Waals surface area (Å²) in [5, 5.41) is 22.2. The van der Waals surface area contributed by atoms with Gasteiger partial charge in [0.25, 0.3) is 0 Å². The zero-order chi connectivity index (χ0) is 22.8. The molecule has 0 bridgehead atoms. The van der Waals surface area contributed by atoms with Gasteiger partial charge in [0.05, 0.1) is 5.56 Å². The number of aromatic hydroxyl groups is 2. The minimum absolute atomic E-state index is 0.0680. The first-order valence-electron chi connectivity index (χ1n) is 10.6. The van der Waals surface area contributed by atoms with Gasteiger partial charge in [0.1, 0.15) is 11.5 Å². The van der Waals surface area contributed by atoms with Gasteiger partial charge in [-0.2, -0.15) is 0 Å². The van der Waals surface area contributed by atoms with Crippen LogP contribution < -0.4 is 0 Å². The monoisotopic (exact) mass is 418 g/mol. The molecule has 3 aromatic carbocycles. The quantitative estimate of drug-likeness (QED) is 0.466. The molecule has 162 valence electrons. The topological polar surface area (TPSA) is 66.8 Å². The number of benzene rings is 3. The van der Waals surface area contributed by atoms with Crippen LogP contribution in [0.1, 0.15) is 63.5 Å². The molecule has 31 heavy (non-hydrogen) atoms. The van der Waals surface area contributed by atoms with Crippen molar-refractivity contribution in [1.29, 1.82) is 0 Å². The molecule has 0 fully saturated rings. The molecule has 4 nitrogen and oxygen atoms in total. The Kier molecular flexibility index (Phi) is 6.40. The Morgan fingerprint density at radius 2 is 1.32 bits per heavy atom. The van der Waals surface area contributed by atoms with Crippen molar-refractivity contribution in [3.63, 3.8) is 0 Å². The van der Waals surface area contributed by atoms with E-state index in [1.807, 2.05) is 65.0 Å². The number of ether oxygens (including phenoxy) is 1. The van der Waals surface area contributed by atoms with Crippen LogP contribution in [0.2, 0.25) is 0 Å². The Hall–Kier alpha value is -3.27. The van der Waals surface area contributed by atoms with Crippen molar-refractivity contribution in [3.05, 3.63) is 93.5 Å². The van der Waals surface area contributed by atoms with Crippen LogP contribution >= 0.6 is 0 Å². The number of rotatable bonds is 6. The Morgan fingerprint density at radius 3 is 1.77 bits per heavy atom. The summed E-state index contributed by atoms with van der Waals surface area (Å²) < 4.78 is 6.26. The van der Waals surface area contributed by atoms with E-state index in [1.54, 1.807) is 24.3 Å². The summed E-state index contributed by atoms with van der Waals surface area (Å²) in [4.78, 5) is 13.3. The molecule has 0 saturated heterocycles. The minimum Gasteiger partial charge on any atom is -0.507 e. The van der Waals surface area contributed by atoms with Crippen LogP contribution in [-0.4, -0.2) is 16.2 Å². The van der Waals surface area contributed by atoms with Gasteiger partial charge in [-0.05, 0) is 69.5 Å². The van der Waals surface area contributed by atoms with Crippen molar-refractivity contribution in [1.82, 2.24) is 0 Å². The number of phenolic OH excluding ortho intramolecular Hbond substituents is 2. The fourth-order valence-electron chi connectivity index (χ4n) is 4.25. The van der Waals surface area contributed by atoms with E-state index in [0.717, 1.165) is 11.1 Å². The highest BCUT2D eigenvalue weighted by Gasteiger charge is 2.43. The highest BCUT2D eigenvalue weighted by Crippen LogP contribution is 2.48. The molecule has 0 radical (unpaired) electrons. The number of hydrogen-bond donors (Lipinski definition) is 2. The van der Waals surface area contributed by atoms with Crippen LogP contribution in [0, 0.1) is 27.7 Å². The van der Waals surface area contributed by atoms with Crippen LogP contribution in [-0.2, 0) is 10.3 Å². The highest BCUT2D eigenvalue weighted by molar-refractivity contribution is 5.90. The molecule has 0 aliphatic heterocycles. The van der Waals surface area contributed by atoms with Gasteiger partial charge in [-0.15, -0.1) is 0 Å². The van der Waals surface area contributed by atoms with Gasteiger partial charge >= 0.3 is 5.97 Å². The van der Waals surface area contributed by atoms with E-state index in [0.29, 0.717) is 40.7 Å². The summed E-state index contributed by atoms with van der Waals surface area (Å²) in [6.45, 7) is 9.51. The molecule has 0 spiro atoms. The van der Waals surface area contributed by atoms with Crippen molar-refractivity contribution < 1.29 is 19.7 Å². The van der Waals surface area contributed by atoms with Gasteiger partial charge < -0.3 is 14.9 Å². The second kappa shape index (κ2) is 8.84. The van der Waals surface area contributed by atoms with E-state index < -0.39 is 11.6 Å². The third kappa shape index (κ3) is 4.29. The van der Waals surface area contributed by atoms with Crippen LogP contribution in [0.3, 0.4) is 0 Å². The second-order valence-corrected chi connectivity index (χ2v) is 8.29. The third-order valence-corrected chi connectivity index (χ3v) is 5.64. The number of hydrogen-bond acceptors (Lipinski definition) is 4. The third-order valence-electron chi connectivity index (χ3n) is 5.64. The summed E-state index contributed by atoms with van der Waals surface area (Å²) in [5.41, 5.74) is 3.29. The van der Waals surface area contributed by atoms with Crippen LogP contribution in [0.15, 0.2) is 54.6 Å². The molecule has 0 heterocycles. The fraction of sp³-hybridized carbons (Fsp3) is 0.296. The molecule has 0 saturated carbocycles. The number of carbonyl (C=O) groups excluding carboxylic acids is 1. The molecule has 3 aromatic rings. The molecule has 0 aliphatic rings. The minimum atomic E-state index is -1.34. The molecular formula is C27H30O4. The van der Waals surface area contributed by atoms with Gasteiger partial charge in [0.2, 0.25) is 0 Å². The highest BCUT2D eigenvalue weighted by atomic mass is 16.6. The average molecular weight is 419 g/mol. The number of aryl methyl sites for hydroxylation is 4. The molecular weight excluding hydrogens is 388 g/mol. The molecule has 4 heteroatoms. The van der Waals surface area contributed by atoms with Crippen LogP contribution in [0.4, 0.5) is 0 Å². The smallest absolute Gasteiger partial charge is 0.339 e. The van der Waals surface area contributed by atoms with Gasteiger partial charge in [-0.1, -0.05) is 54.8 Å². The fourth-order valence-corrected chi connectivity index (χ4v) is 4.25. The summed E-state index contributed by atoms with van der Waals surface area (Å²) in [7, 11) is 0. The van der Waals surface area contributed by atoms with E-state index in [9.17, 15) is 15.0 Å². The Labute approximate surface area is 184 Å². The summed E-state index contributed by atoms with van der Waals surface area (Å²) in [5.74, 6) is -0.372. The maximum absolute atomic E-state index is 13.3. The average Bonchev–Trinajstić information content (AvgIpc) is 2.73. The maximum atomic E-state index is 13.3. The van der Waals surface area contributed by atoms with E-state index in [4.69, 9.17) is 4.74 Å². The zero-order valence-electron chi connectivity index (χ0n) is 18.8. The molecule has 3 rings (SSSR count). The van der Waals surface area contributed by atoms with Crippen molar-refractivity contribution in [2.24, 2.45) is 0 Å². The molecule has 0 amide bonds. The van der Waals surface area contributed by atoms with Crippen molar-refractivity contribution in [3.8, 4) is 11.5 Å². The lowest BCUT2D eigenvalue weighted by Crippen LogP contribution is -2.35. The van der Waals surface area contributed by atoms with E-state index in [1.165, 1.54) is 0 Å². The van der Waals surface area contributed by atoms with Crippen LogP contribution in [0.5, 0.6) is 11.5 Å². The first-order chi connectivity index (χ1) is 14.7. The lowest BCUT2D eigenvalue weighted by atomic mass is 9.78. The summed E-state index contributed by atoms with van der Waals surface area (Å²) in [6.07, 6.45) is 1.07. The Balaban J connectivity index is 2.35. The predicted molar refractivity (Wildman–Crippen MR) is 123 cm³/mol. The van der Waals surface area contributed by atoms with E-state index in [-0.39, 0.29) is 11.5 Å². The summed E-state index contributed by atoms with van der Waals surface area (Å²) in [6, 6.07) is 16.2. The van der Waals surface area contributed by atoms with Gasteiger partial charge in [-0.3, -0.25) is 0 Å². The summed E-state index contributed by atoms with van der Waals surface area (Å²) >= 11 is 0. The standard InChI is InChI=1S/C27H30O4/c1-6-12-27(22-15-17(2)13-19(4)24(22)28,23-16-18(3)14-20(5)25(23)29)31-26(30)21-10-8-7-9-11-21/h7-11,13-16,28-29H,6,12H2,1-5H3. The van der Waals surface area contributed by atoms with Gasteiger partial charge in [-0.25, -0.2) is 4.79 Å². The lowest BCUT2D eigenvalue weighted by Gasteiger charge is -2.36. The Morgan fingerprint density at radius 1 is 0.839 bits per heavy atom. The molecule has 0 atom stereocenters. The second-order valence-electron chi connectivity index (χ2n) is 8.29. The first-order valence-corrected chi connectivity index (χ1v) is 10.6. The SMILES string of the molecule is CCCC(OC(=O)c1ccccc1)(c1cc(C)cc(C)c1O)c1cc(C)cc(C)c1O. The van der Waals surface area contributed by atoms with E-state index in [2.05, 4.69) is 0 Å². The number of esters is 1. The van der Waals surface area contributed by atoms with Crippen molar-refractivity contribution >= 4 is 5.97 Å². The normalized spacial score (nSPS) is 11.4. The van der Waals surface area contributed by atoms with Crippen molar-refractivity contribution in [2.75, 3.05) is 0 Å². The lowest BCUT2D eigenvalue weighted by molar-refractivity contribution is -0.00754. The molecule has 0 unspecified atom stereocenters. The zero-order valence-corrected chi connectivity index (χ0v) is 18.8. The largest absolute Gasteiger partial charge is 0.507 e. The molecule has 0 aliphatic carbocycles. The van der Waals surface area contributed by atoms with Gasteiger partial charge in [0.15, 0.2) is 5.60 Å². The Bertz CT molecular complexity index is 1040.